The zero-order valence-electron chi connectivity index (χ0n) is 7.15. The Morgan fingerprint density at radius 2 is 2.09 bits per heavy atom. The molecule has 3 heteroatoms. The molecule has 0 spiro atoms. The fourth-order valence-corrected chi connectivity index (χ4v) is 1.21. The third kappa shape index (κ3) is 1.70. The number of amides is 1. The van der Waals surface area contributed by atoms with Gasteiger partial charge in [-0.3, -0.25) is 4.79 Å². The van der Waals surface area contributed by atoms with E-state index in [1.807, 2.05) is 20.8 Å². The van der Waals surface area contributed by atoms with Crippen molar-refractivity contribution in [3.8, 4) is 0 Å². The van der Waals surface area contributed by atoms with Crippen LogP contribution in [0.5, 0.6) is 0 Å². The van der Waals surface area contributed by atoms with E-state index in [9.17, 15) is 9.18 Å². The van der Waals surface area contributed by atoms with Crippen molar-refractivity contribution >= 4 is 5.91 Å². The average Bonchev–Trinajstić information content (AvgIpc) is 2.11. The van der Waals surface area contributed by atoms with E-state index in [1.165, 1.54) is 0 Å². The second kappa shape index (κ2) is 2.47. The third-order valence-electron chi connectivity index (χ3n) is 2.09. The fourth-order valence-electron chi connectivity index (χ4n) is 1.21. The Balaban J connectivity index is 2.61. The lowest BCUT2D eigenvalue weighted by molar-refractivity contribution is -0.123. The fraction of sp³-hybridized carbons (Fsp3) is 0.875. The Bertz CT molecular complexity index is 173. The minimum atomic E-state index is -1.29. The van der Waals surface area contributed by atoms with Gasteiger partial charge < -0.3 is 5.32 Å². The third-order valence-corrected chi connectivity index (χ3v) is 2.09. The quantitative estimate of drug-likeness (QED) is 0.566. The second-order valence-corrected chi connectivity index (χ2v) is 4.13. The van der Waals surface area contributed by atoms with Crippen molar-refractivity contribution in [2.75, 3.05) is 0 Å². The van der Waals surface area contributed by atoms with Crippen molar-refractivity contribution in [3.63, 3.8) is 0 Å². The molecule has 64 valence electrons. The van der Waals surface area contributed by atoms with Gasteiger partial charge in [-0.25, -0.2) is 4.39 Å². The van der Waals surface area contributed by atoms with Crippen LogP contribution in [0.25, 0.3) is 0 Å². The predicted octanol–water partition coefficient (Wildman–Crippen LogP) is 1.26. The van der Waals surface area contributed by atoms with Gasteiger partial charge in [-0.05, 0) is 5.41 Å². The van der Waals surface area contributed by atoms with Crippen LogP contribution in [0.4, 0.5) is 4.39 Å². The van der Waals surface area contributed by atoms with Crippen molar-refractivity contribution in [1.29, 1.82) is 0 Å². The van der Waals surface area contributed by atoms with E-state index in [-0.39, 0.29) is 11.5 Å². The molecule has 1 rings (SSSR count). The Labute approximate surface area is 66.2 Å². The van der Waals surface area contributed by atoms with Crippen molar-refractivity contribution in [3.05, 3.63) is 0 Å². The molecular weight excluding hydrogens is 145 g/mol. The molecule has 0 aromatic heterocycles. The summed E-state index contributed by atoms with van der Waals surface area (Å²) in [6.07, 6.45) is -0.971. The minimum absolute atomic E-state index is 0.00926. The number of carbonyl (C=O) groups is 1. The highest BCUT2D eigenvalue weighted by Crippen LogP contribution is 2.27. The molecule has 1 fully saturated rings. The van der Waals surface area contributed by atoms with E-state index in [2.05, 4.69) is 5.32 Å². The lowest BCUT2D eigenvalue weighted by Crippen LogP contribution is -2.36. The molecule has 1 N–H and O–H groups in total. The predicted molar refractivity (Wildman–Crippen MR) is 40.9 cm³/mol. The van der Waals surface area contributed by atoms with Crippen LogP contribution < -0.4 is 5.32 Å². The summed E-state index contributed by atoms with van der Waals surface area (Å²) < 4.78 is 12.7. The second-order valence-electron chi connectivity index (χ2n) is 4.13. The van der Waals surface area contributed by atoms with Crippen molar-refractivity contribution in [2.24, 2.45) is 5.41 Å². The van der Waals surface area contributed by atoms with Gasteiger partial charge in [0.2, 0.25) is 0 Å². The van der Waals surface area contributed by atoms with Crippen LogP contribution in [-0.4, -0.2) is 18.1 Å². The van der Waals surface area contributed by atoms with E-state index in [4.69, 9.17) is 0 Å². The molecule has 0 aromatic rings. The summed E-state index contributed by atoms with van der Waals surface area (Å²) in [7, 11) is 0. The largest absolute Gasteiger partial charge is 0.350 e. The van der Waals surface area contributed by atoms with Gasteiger partial charge in [0.1, 0.15) is 0 Å². The molecule has 1 amide bonds. The topological polar surface area (TPSA) is 29.1 Å². The van der Waals surface area contributed by atoms with Crippen LogP contribution >= 0.6 is 0 Å². The molecule has 0 aliphatic carbocycles. The molecule has 0 aromatic carbocycles. The van der Waals surface area contributed by atoms with Crippen LogP contribution in [0.1, 0.15) is 27.2 Å². The minimum Gasteiger partial charge on any atom is -0.350 e. The first kappa shape index (κ1) is 8.50. The molecule has 0 radical (unpaired) electrons. The maximum absolute atomic E-state index is 12.7. The number of hydrogen-bond donors (Lipinski definition) is 1. The summed E-state index contributed by atoms with van der Waals surface area (Å²) in [5.41, 5.74) is -0.0312. The lowest BCUT2D eigenvalue weighted by Gasteiger charge is -2.25. The van der Waals surface area contributed by atoms with E-state index < -0.39 is 12.1 Å². The molecule has 1 heterocycles. The smallest absolute Gasteiger partial charge is 0.254 e. The first-order valence-electron chi connectivity index (χ1n) is 3.85. The van der Waals surface area contributed by atoms with Gasteiger partial charge in [-0.15, -0.1) is 0 Å². The van der Waals surface area contributed by atoms with Gasteiger partial charge >= 0.3 is 0 Å². The highest BCUT2D eigenvalue weighted by Gasteiger charge is 2.38. The van der Waals surface area contributed by atoms with Crippen molar-refractivity contribution < 1.29 is 9.18 Å². The lowest BCUT2D eigenvalue weighted by atomic mass is 9.86. The first-order valence-corrected chi connectivity index (χ1v) is 3.85. The van der Waals surface area contributed by atoms with E-state index in [1.54, 1.807) is 0 Å². The molecule has 1 aliphatic rings. The summed E-state index contributed by atoms with van der Waals surface area (Å²) in [4.78, 5) is 10.7. The number of alkyl halides is 1. The normalized spacial score (nSPS) is 32.2. The van der Waals surface area contributed by atoms with Gasteiger partial charge in [0, 0.05) is 12.5 Å². The molecule has 1 saturated heterocycles. The first-order chi connectivity index (χ1) is 4.91. The van der Waals surface area contributed by atoms with Crippen LogP contribution in [0.3, 0.4) is 0 Å². The Kier molecular flexibility index (Phi) is 1.90. The van der Waals surface area contributed by atoms with Gasteiger partial charge in [0.15, 0.2) is 6.17 Å². The zero-order valence-corrected chi connectivity index (χ0v) is 7.15. The highest BCUT2D eigenvalue weighted by atomic mass is 19.1. The van der Waals surface area contributed by atoms with Gasteiger partial charge in [-0.2, -0.15) is 0 Å². The maximum Gasteiger partial charge on any atom is 0.254 e. The Hall–Kier alpha value is -0.600. The SMILES string of the molecule is CC(C)(C)C1CC(F)C(=O)N1. The molecule has 0 saturated carbocycles. The highest BCUT2D eigenvalue weighted by molar-refractivity contribution is 5.83. The van der Waals surface area contributed by atoms with Gasteiger partial charge in [0.05, 0.1) is 0 Å². The summed E-state index contributed by atoms with van der Waals surface area (Å²) in [5.74, 6) is -0.454. The molecule has 1 aliphatic heterocycles. The standard InChI is InChI=1S/C8H14FNO/c1-8(2,3)6-4-5(9)7(11)10-6/h5-6H,4H2,1-3H3,(H,10,11). The molecule has 0 bridgehead atoms. The Morgan fingerprint density at radius 1 is 1.55 bits per heavy atom. The molecule has 2 nitrogen and oxygen atoms in total. The maximum atomic E-state index is 12.7. The summed E-state index contributed by atoms with van der Waals surface area (Å²) in [6, 6.07) is -0.00926. The van der Waals surface area contributed by atoms with Crippen LogP contribution in [0.2, 0.25) is 0 Å². The van der Waals surface area contributed by atoms with E-state index in [0.717, 1.165) is 0 Å². The monoisotopic (exact) mass is 159 g/mol. The molecule has 2 unspecified atom stereocenters. The number of hydrogen-bond acceptors (Lipinski definition) is 1. The van der Waals surface area contributed by atoms with Crippen molar-refractivity contribution in [2.45, 2.75) is 39.4 Å². The van der Waals surface area contributed by atoms with E-state index in [0.29, 0.717) is 6.42 Å². The van der Waals surface area contributed by atoms with Crippen LogP contribution in [0, 0.1) is 5.41 Å². The molecule has 2 atom stereocenters. The van der Waals surface area contributed by atoms with Crippen LogP contribution in [-0.2, 0) is 4.79 Å². The molecular formula is C8H14FNO. The molecule has 11 heavy (non-hydrogen) atoms. The number of halogens is 1. The van der Waals surface area contributed by atoms with Crippen molar-refractivity contribution in [1.82, 2.24) is 5.32 Å². The van der Waals surface area contributed by atoms with Crippen LogP contribution in [0.15, 0.2) is 0 Å². The zero-order chi connectivity index (χ0) is 8.65. The number of rotatable bonds is 0. The number of nitrogens with one attached hydrogen (secondary N) is 1. The summed E-state index contributed by atoms with van der Waals surface area (Å²) in [6.45, 7) is 5.99. The van der Waals surface area contributed by atoms with Gasteiger partial charge in [-0.1, -0.05) is 20.8 Å². The summed E-state index contributed by atoms with van der Waals surface area (Å²) in [5, 5.41) is 2.63. The Morgan fingerprint density at radius 3 is 2.27 bits per heavy atom. The van der Waals surface area contributed by atoms with E-state index >= 15 is 0 Å². The van der Waals surface area contributed by atoms with Gasteiger partial charge in [0.25, 0.3) is 5.91 Å². The summed E-state index contributed by atoms with van der Waals surface area (Å²) >= 11 is 0. The average molecular weight is 159 g/mol. The number of carbonyl (C=O) groups excluding carboxylic acids is 1.